The van der Waals surface area contributed by atoms with Crippen LogP contribution in [0, 0.1) is 0 Å². The summed E-state index contributed by atoms with van der Waals surface area (Å²) in [5.41, 5.74) is 0. The van der Waals surface area contributed by atoms with E-state index in [4.69, 9.17) is 4.74 Å². The van der Waals surface area contributed by atoms with Crippen molar-refractivity contribution in [1.29, 1.82) is 0 Å². The third-order valence-corrected chi connectivity index (χ3v) is 3.89. The number of ether oxygens (including phenoxy) is 1. The smallest absolute Gasteiger partial charge is 0.247 e. The first-order chi connectivity index (χ1) is 8.72. The van der Waals surface area contributed by atoms with Crippen molar-refractivity contribution in [1.82, 2.24) is 4.90 Å². The van der Waals surface area contributed by atoms with Crippen molar-refractivity contribution >= 4 is 17.7 Å². The molecule has 1 heterocycles. The maximum Gasteiger partial charge on any atom is 0.247 e. The molecule has 5 heteroatoms. The molecule has 0 aromatic heterocycles. The number of amides is 1. The van der Waals surface area contributed by atoms with Gasteiger partial charge in [0.15, 0.2) is 11.5 Å². The number of benzene rings is 1. The summed E-state index contributed by atoms with van der Waals surface area (Å²) in [5, 5.41) is 9.56. The van der Waals surface area contributed by atoms with Crippen LogP contribution in [0.5, 0.6) is 11.5 Å². The monoisotopic (exact) mass is 265 g/mol. The number of carbonyl (C=O) groups excluding carboxylic acids is 1. The number of nitrogens with zero attached hydrogens (tertiary/aromatic N) is 1. The quantitative estimate of drug-likeness (QED) is 0.844. The predicted molar refractivity (Wildman–Crippen MR) is 71.8 cm³/mol. The SMILES string of the molecule is C=CC(=O)N1CCSC1COc1ccccc1O. The van der Waals surface area contributed by atoms with E-state index in [1.807, 2.05) is 0 Å². The van der Waals surface area contributed by atoms with Crippen molar-refractivity contribution in [3.8, 4) is 11.5 Å². The van der Waals surface area contributed by atoms with Gasteiger partial charge < -0.3 is 14.7 Å². The van der Waals surface area contributed by atoms with Crippen molar-refractivity contribution < 1.29 is 14.6 Å². The third kappa shape index (κ3) is 2.79. The molecular weight excluding hydrogens is 250 g/mol. The molecule has 1 fully saturated rings. The van der Waals surface area contributed by atoms with Gasteiger partial charge in [-0.25, -0.2) is 0 Å². The van der Waals surface area contributed by atoms with Crippen LogP contribution in [0.1, 0.15) is 0 Å². The summed E-state index contributed by atoms with van der Waals surface area (Å²) in [7, 11) is 0. The molecule has 1 aromatic rings. The topological polar surface area (TPSA) is 49.8 Å². The van der Waals surface area contributed by atoms with Crippen LogP contribution >= 0.6 is 11.8 Å². The maximum atomic E-state index is 11.6. The Morgan fingerprint density at radius 1 is 1.61 bits per heavy atom. The zero-order chi connectivity index (χ0) is 13.0. The summed E-state index contributed by atoms with van der Waals surface area (Å²) in [4.78, 5) is 13.3. The Bertz CT molecular complexity index is 450. The largest absolute Gasteiger partial charge is 0.504 e. The predicted octanol–water partition coefficient (Wildman–Crippen LogP) is 1.86. The fourth-order valence-electron chi connectivity index (χ4n) is 1.77. The van der Waals surface area contributed by atoms with Crippen LogP contribution < -0.4 is 4.74 Å². The van der Waals surface area contributed by atoms with E-state index in [1.165, 1.54) is 6.08 Å². The molecule has 1 amide bonds. The van der Waals surface area contributed by atoms with E-state index in [0.717, 1.165) is 5.75 Å². The van der Waals surface area contributed by atoms with Crippen LogP contribution in [0.3, 0.4) is 0 Å². The molecule has 0 bridgehead atoms. The van der Waals surface area contributed by atoms with Crippen LogP contribution in [0.2, 0.25) is 0 Å². The minimum atomic E-state index is -0.0779. The Morgan fingerprint density at radius 2 is 2.39 bits per heavy atom. The molecule has 0 saturated carbocycles. The molecule has 1 aliphatic rings. The second kappa shape index (κ2) is 5.82. The van der Waals surface area contributed by atoms with Crippen molar-refractivity contribution in [3.63, 3.8) is 0 Å². The van der Waals surface area contributed by atoms with Crippen molar-refractivity contribution in [2.45, 2.75) is 5.37 Å². The van der Waals surface area contributed by atoms with Gasteiger partial charge in [0.25, 0.3) is 0 Å². The van der Waals surface area contributed by atoms with Gasteiger partial charge in [-0.2, -0.15) is 0 Å². The highest BCUT2D eigenvalue weighted by atomic mass is 32.2. The lowest BCUT2D eigenvalue weighted by molar-refractivity contribution is -0.126. The molecule has 0 radical (unpaired) electrons. The third-order valence-electron chi connectivity index (χ3n) is 2.69. The van der Waals surface area contributed by atoms with E-state index in [-0.39, 0.29) is 17.0 Å². The number of hydrogen-bond acceptors (Lipinski definition) is 4. The molecule has 4 nitrogen and oxygen atoms in total. The molecule has 1 N–H and O–H groups in total. The number of carbonyl (C=O) groups is 1. The van der Waals surface area contributed by atoms with Crippen LogP contribution in [0.25, 0.3) is 0 Å². The van der Waals surface area contributed by atoms with Gasteiger partial charge in [0, 0.05) is 12.3 Å². The molecule has 1 aliphatic heterocycles. The van der Waals surface area contributed by atoms with Gasteiger partial charge in [-0.15, -0.1) is 11.8 Å². The molecule has 18 heavy (non-hydrogen) atoms. The van der Waals surface area contributed by atoms with E-state index in [2.05, 4.69) is 6.58 Å². The second-order valence-electron chi connectivity index (χ2n) is 3.84. The molecule has 1 aromatic carbocycles. The van der Waals surface area contributed by atoms with Gasteiger partial charge in [-0.3, -0.25) is 4.79 Å². The summed E-state index contributed by atoms with van der Waals surface area (Å²) in [5.74, 6) is 1.37. The standard InChI is InChI=1S/C13H15NO3S/c1-2-12(16)14-7-8-18-13(14)9-17-11-6-4-3-5-10(11)15/h2-6,13,15H,1,7-9H2. The summed E-state index contributed by atoms with van der Waals surface area (Å²) in [6.45, 7) is 4.57. The van der Waals surface area contributed by atoms with E-state index in [9.17, 15) is 9.90 Å². The number of aromatic hydroxyl groups is 1. The van der Waals surface area contributed by atoms with E-state index in [0.29, 0.717) is 18.9 Å². The summed E-state index contributed by atoms with van der Waals surface area (Å²) >= 11 is 1.67. The molecule has 1 saturated heterocycles. The average Bonchev–Trinajstić information content (AvgIpc) is 2.85. The number of thioether (sulfide) groups is 1. The number of rotatable bonds is 4. The van der Waals surface area contributed by atoms with Gasteiger partial charge in [0.05, 0.1) is 0 Å². The normalized spacial score (nSPS) is 18.7. The highest BCUT2D eigenvalue weighted by molar-refractivity contribution is 8.00. The highest BCUT2D eigenvalue weighted by Crippen LogP contribution is 2.28. The van der Waals surface area contributed by atoms with Gasteiger partial charge in [-0.1, -0.05) is 18.7 Å². The Hall–Kier alpha value is -1.62. The molecule has 96 valence electrons. The number of para-hydroxylation sites is 2. The minimum Gasteiger partial charge on any atom is -0.504 e. The van der Waals surface area contributed by atoms with Crippen molar-refractivity contribution in [2.24, 2.45) is 0 Å². The molecule has 1 unspecified atom stereocenters. The lowest BCUT2D eigenvalue weighted by Gasteiger charge is -2.22. The first kappa shape index (κ1) is 12.8. The lowest BCUT2D eigenvalue weighted by atomic mass is 10.3. The van der Waals surface area contributed by atoms with E-state index in [1.54, 1.807) is 40.9 Å². The number of phenolic OH excluding ortho intramolecular Hbond substituents is 1. The van der Waals surface area contributed by atoms with Crippen LogP contribution in [0.4, 0.5) is 0 Å². The summed E-state index contributed by atoms with van der Waals surface area (Å²) in [6.07, 6.45) is 1.32. The van der Waals surface area contributed by atoms with Gasteiger partial charge in [0.2, 0.25) is 5.91 Å². The summed E-state index contributed by atoms with van der Waals surface area (Å²) in [6, 6.07) is 6.81. The minimum absolute atomic E-state index is 0.0184. The zero-order valence-electron chi connectivity index (χ0n) is 9.91. The molecular formula is C13H15NO3S. The van der Waals surface area contributed by atoms with Gasteiger partial charge in [-0.05, 0) is 18.2 Å². The van der Waals surface area contributed by atoms with Gasteiger partial charge >= 0.3 is 0 Å². The number of phenols is 1. The highest BCUT2D eigenvalue weighted by Gasteiger charge is 2.28. The van der Waals surface area contributed by atoms with Gasteiger partial charge in [0.1, 0.15) is 12.0 Å². The lowest BCUT2D eigenvalue weighted by Crippen LogP contribution is -2.36. The fourth-order valence-corrected chi connectivity index (χ4v) is 2.90. The first-order valence-corrected chi connectivity index (χ1v) is 6.72. The molecule has 0 aliphatic carbocycles. The Morgan fingerprint density at radius 3 is 3.11 bits per heavy atom. The molecule has 1 atom stereocenters. The van der Waals surface area contributed by atoms with Crippen LogP contribution in [0.15, 0.2) is 36.9 Å². The second-order valence-corrected chi connectivity index (χ2v) is 5.13. The van der Waals surface area contributed by atoms with Crippen molar-refractivity contribution in [2.75, 3.05) is 18.9 Å². The van der Waals surface area contributed by atoms with E-state index < -0.39 is 0 Å². The molecule has 2 rings (SSSR count). The van der Waals surface area contributed by atoms with Crippen molar-refractivity contribution in [3.05, 3.63) is 36.9 Å². The van der Waals surface area contributed by atoms with Crippen LogP contribution in [-0.4, -0.2) is 40.2 Å². The summed E-state index contributed by atoms with van der Waals surface area (Å²) < 4.78 is 5.55. The Kier molecular flexibility index (Phi) is 4.15. The maximum absolute atomic E-state index is 11.6. The van der Waals surface area contributed by atoms with E-state index >= 15 is 0 Å². The average molecular weight is 265 g/mol. The Labute approximate surface area is 110 Å². The molecule has 0 spiro atoms. The number of hydrogen-bond donors (Lipinski definition) is 1. The zero-order valence-corrected chi connectivity index (χ0v) is 10.7. The fraction of sp³-hybridized carbons (Fsp3) is 0.308. The Balaban J connectivity index is 1.96. The first-order valence-electron chi connectivity index (χ1n) is 5.68. The van der Waals surface area contributed by atoms with Crippen LogP contribution in [-0.2, 0) is 4.79 Å².